The van der Waals surface area contributed by atoms with Crippen LogP contribution >= 0.6 is 11.5 Å². The predicted molar refractivity (Wildman–Crippen MR) is 119 cm³/mol. The molecule has 0 saturated carbocycles. The van der Waals surface area contributed by atoms with Gasteiger partial charge in [0.2, 0.25) is 5.88 Å². The number of rotatable bonds is 5. The maximum atomic E-state index is 13.0. The van der Waals surface area contributed by atoms with Crippen molar-refractivity contribution in [1.82, 2.24) is 4.37 Å². The number of benzene rings is 3. The predicted octanol–water partition coefficient (Wildman–Crippen LogP) is 7.39. The lowest BCUT2D eigenvalue weighted by Gasteiger charge is -2.16. The van der Waals surface area contributed by atoms with E-state index in [1.54, 1.807) is 12.1 Å². The van der Waals surface area contributed by atoms with Gasteiger partial charge in [0.1, 0.15) is 23.4 Å². The molecule has 1 heterocycles. The highest BCUT2D eigenvalue weighted by atomic mass is 32.1. The summed E-state index contributed by atoms with van der Waals surface area (Å²) in [4.78, 5) is 0.863. The fourth-order valence-corrected chi connectivity index (χ4v) is 4.57. The van der Waals surface area contributed by atoms with E-state index in [1.807, 2.05) is 36.4 Å². The van der Waals surface area contributed by atoms with Crippen LogP contribution in [0, 0.1) is 0 Å². The van der Waals surface area contributed by atoms with Crippen molar-refractivity contribution in [3.8, 4) is 33.6 Å². The van der Waals surface area contributed by atoms with Crippen LogP contribution in [0.2, 0.25) is 0 Å². The van der Waals surface area contributed by atoms with Gasteiger partial charge in [0.25, 0.3) is 0 Å². The van der Waals surface area contributed by atoms with Gasteiger partial charge in [-0.15, -0.1) is 0 Å². The molecule has 3 aromatic carbocycles. The van der Waals surface area contributed by atoms with Gasteiger partial charge >= 0.3 is 6.18 Å². The van der Waals surface area contributed by atoms with Gasteiger partial charge in [-0.3, -0.25) is 0 Å². The molecule has 0 spiro atoms. The average Bonchev–Trinajstić information content (AvgIpc) is 3.41. The molecule has 5 rings (SSSR count). The zero-order valence-corrected chi connectivity index (χ0v) is 18.0. The Morgan fingerprint density at radius 2 is 1.73 bits per heavy atom. The second-order valence-corrected chi connectivity index (χ2v) is 8.48. The first-order chi connectivity index (χ1) is 15.9. The minimum Gasteiger partial charge on any atom is -0.493 e. The number of nitrogens with zero attached hydrogens (tertiary/aromatic N) is 1. The molecule has 0 aliphatic heterocycles. The SMILES string of the molecule is Oc1cc(-c2ccc(O[C@@H]3CCc4c(Oc5cccc(C(F)(F)F)c5)cccc43)cc2)sn1. The third-order valence-corrected chi connectivity index (χ3v) is 6.31. The molecule has 0 amide bonds. The topological polar surface area (TPSA) is 51.6 Å². The van der Waals surface area contributed by atoms with Gasteiger partial charge in [0.15, 0.2) is 0 Å². The van der Waals surface area contributed by atoms with Crippen molar-refractivity contribution in [2.24, 2.45) is 0 Å². The molecule has 1 N–H and O–H groups in total. The van der Waals surface area contributed by atoms with Crippen LogP contribution in [0.15, 0.2) is 72.8 Å². The van der Waals surface area contributed by atoms with Crippen LogP contribution in [0.1, 0.15) is 29.2 Å². The van der Waals surface area contributed by atoms with Gasteiger partial charge in [-0.25, -0.2) is 0 Å². The van der Waals surface area contributed by atoms with E-state index in [0.717, 1.165) is 40.1 Å². The molecule has 8 heteroatoms. The van der Waals surface area contributed by atoms with Crippen molar-refractivity contribution >= 4 is 11.5 Å². The van der Waals surface area contributed by atoms with Crippen molar-refractivity contribution in [3.63, 3.8) is 0 Å². The average molecular weight is 469 g/mol. The van der Waals surface area contributed by atoms with E-state index >= 15 is 0 Å². The maximum absolute atomic E-state index is 13.0. The number of aromatic nitrogens is 1. The third kappa shape index (κ3) is 4.52. The van der Waals surface area contributed by atoms with Crippen LogP contribution in [-0.2, 0) is 12.6 Å². The molecule has 0 radical (unpaired) electrons. The Kier molecular flexibility index (Phi) is 5.46. The molecular weight excluding hydrogens is 451 g/mol. The summed E-state index contributed by atoms with van der Waals surface area (Å²) in [7, 11) is 0. The van der Waals surface area contributed by atoms with Gasteiger partial charge in [-0.1, -0.05) is 18.2 Å². The number of hydrogen-bond donors (Lipinski definition) is 1. The Hall–Kier alpha value is -3.52. The third-order valence-electron chi connectivity index (χ3n) is 5.48. The molecule has 1 aromatic heterocycles. The fourth-order valence-electron chi connectivity index (χ4n) is 3.93. The van der Waals surface area contributed by atoms with Crippen molar-refractivity contribution in [2.75, 3.05) is 0 Å². The molecule has 1 aliphatic carbocycles. The summed E-state index contributed by atoms with van der Waals surface area (Å²) in [5, 5.41) is 9.43. The molecule has 0 fully saturated rings. The van der Waals surface area contributed by atoms with E-state index in [2.05, 4.69) is 4.37 Å². The molecule has 0 unspecified atom stereocenters. The minimum absolute atomic E-state index is 0.000968. The molecule has 4 aromatic rings. The number of alkyl halides is 3. The van der Waals surface area contributed by atoms with Gasteiger partial charge < -0.3 is 14.6 Å². The monoisotopic (exact) mass is 469 g/mol. The van der Waals surface area contributed by atoms with Gasteiger partial charge in [0, 0.05) is 11.6 Å². The molecule has 33 heavy (non-hydrogen) atoms. The Bertz CT molecular complexity index is 1280. The molecule has 168 valence electrons. The Balaban J connectivity index is 1.33. The molecular formula is C25H18F3NO3S. The number of aromatic hydroxyl groups is 1. The van der Waals surface area contributed by atoms with Gasteiger partial charge in [0.05, 0.1) is 10.4 Å². The second kappa shape index (κ2) is 8.44. The van der Waals surface area contributed by atoms with Crippen LogP contribution < -0.4 is 9.47 Å². The zero-order valence-electron chi connectivity index (χ0n) is 17.2. The maximum Gasteiger partial charge on any atom is 0.416 e. The minimum atomic E-state index is -4.42. The summed E-state index contributed by atoms with van der Waals surface area (Å²) >= 11 is 1.22. The normalized spacial score (nSPS) is 15.3. The van der Waals surface area contributed by atoms with E-state index in [0.29, 0.717) is 17.9 Å². The Morgan fingerprint density at radius 1 is 0.939 bits per heavy atom. The molecule has 0 bridgehead atoms. The van der Waals surface area contributed by atoms with Gasteiger partial charge in [-0.05, 0) is 84.0 Å². The molecule has 0 saturated heterocycles. The number of fused-ring (bicyclic) bond motifs is 1. The Morgan fingerprint density at radius 3 is 2.45 bits per heavy atom. The van der Waals surface area contributed by atoms with E-state index in [4.69, 9.17) is 9.47 Å². The quantitative estimate of drug-likeness (QED) is 0.331. The highest BCUT2D eigenvalue weighted by molar-refractivity contribution is 7.09. The van der Waals surface area contributed by atoms with Crippen molar-refractivity contribution in [3.05, 3.63) is 89.5 Å². The highest BCUT2D eigenvalue weighted by Gasteiger charge is 2.31. The fraction of sp³-hybridized carbons (Fsp3) is 0.160. The summed E-state index contributed by atoms with van der Waals surface area (Å²) in [6.45, 7) is 0. The number of halogens is 3. The standard InChI is InChI=1S/C25H18F3NO3S/c26-25(27,28)16-3-1-4-18(13-16)32-21-6-2-5-19-20(21)11-12-22(19)31-17-9-7-15(8-10-17)23-14-24(30)29-33-23/h1-10,13-14,22H,11-12H2,(H,29,30)/t22-/m1/s1. The van der Waals surface area contributed by atoms with E-state index < -0.39 is 11.7 Å². The largest absolute Gasteiger partial charge is 0.493 e. The molecule has 4 nitrogen and oxygen atoms in total. The Labute approximate surface area is 192 Å². The number of hydrogen-bond acceptors (Lipinski definition) is 5. The highest BCUT2D eigenvalue weighted by Crippen LogP contribution is 2.42. The van der Waals surface area contributed by atoms with Crippen LogP contribution in [0.4, 0.5) is 13.2 Å². The zero-order chi connectivity index (χ0) is 23.0. The van der Waals surface area contributed by atoms with Gasteiger partial charge in [-0.2, -0.15) is 17.5 Å². The van der Waals surface area contributed by atoms with Crippen molar-refractivity contribution < 1.29 is 27.8 Å². The van der Waals surface area contributed by atoms with Crippen LogP contribution in [-0.4, -0.2) is 9.48 Å². The summed E-state index contributed by atoms with van der Waals surface area (Å²) in [6, 6.07) is 19.6. The second-order valence-electron chi connectivity index (χ2n) is 7.67. The lowest BCUT2D eigenvalue weighted by molar-refractivity contribution is -0.137. The summed E-state index contributed by atoms with van der Waals surface area (Å²) < 4.78 is 55.0. The summed E-state index contributed by atoms with van der Waals surface area (Å²) in [5.41, 5.74) is 2.10. The first-order valence-corrected chi connectivity index (χ1v) is 11.0. The van der Waals surface area contributed by atoms with Crippen LogP contribution in [0.25, 0.3) is 10.4 Å². The van der Waals surface area contributed by atoms with Crippen LogP contribution in [0.5, 0.6) is 23.1 Å². The summed E-state index contributed by atoms with van der Waals surface area (Å²) in [6.07, 6.45) is -3.16. The molecule has 1 aliphatic rings. The lowest BCUT2D eigenvalue weighted by Crippen LogP contribution is -2.05. The van der Waals surface area contributed by atoms with Crippen LogP contribution in [0.3, 0.4) is 0 Å². The summed E-state index contributed by atoms with van der Waals surface area (Å²) in [5.74, 6) is 1.39. The van der Waals surface area contributed by atoms with Crippen molar-refractivity contribution in [2.45, 2.75) is 25.1 Å². The van der Waals surface area contributed by atoms with E-state index in [1.165, 1.54) is 23.7 Å². The number of ether oxygens (including phenoxy) is 2. The molecule has 1 atom stereocenters. The first-order valence-electron chi connectivity index (χ1n) is 10.3. The van der Waals surface area contributed by atoms with E-state index in [-0.39, 0.29) is 17.7 Å². The smallest absolute Gasteiger partial charge is 0.416 e. The van der Waals surface area contributed by atoms with E-state index in [9.17, 15) is 18.3 Å². The lowest BCUT2D eigenvalue weighted by atomic mass is 10.1. The van der Waals surface area contributed by atoms with Crippen molar-refractivity contribution in [1.29, 1.82) is 0 Å². The first kappa shape index (κ1) is 21.3.